The molecule has 0 aliphatic heterocycles. The number of nitrogens with zero attached hydrogens (tertiary/aromatic N) is 2. The highest BCUT2D eigenvalue weighted by Gasteiger charge is 2.09. The first-order chi connectivity index (χ1) is 7.22. The second-order valence-electron chi connectivity index (χ2n) is 3.03. The van der Waals surface area contributed by atoms with Crippen molar-refractivity contribution in [1.82, 2.24) is 9.78 Å². The quantitative estimate of drug-likeness (QED) is 0.851. The molecule has 0 amide bonds. The van der Waals surface area contributed by atoms with Crippen LogP contribution < -0.4 is 5.73 Å². The molecule has 1 aromatic carbocycles. The molecule has 2 N–H and O–H groups in total. The van der Waals surface area contributed by atoms with Gasteiger partial charge < -0.3 is 5.73 Å². The van der Waals surface area contributed by atoms with Crippen LogP contribution in [0.3, 0.4) is 0 Å². The van der Waals surface area contributed by atoms with Gasteiger partial charge >= 0.3 is 0 Å². The van der Waals surface area contributed by atoms with Crippen LogP contribution in [-0.4, -0.2) is 9.78 Å². The van der Waals surface area contributed by atoms with Crippen LogP contribution in [0, 0.1) is 5.82 Å². The lowest BCUT2D eigenvalue weighted by Crippen LogP contribution is -2.07. The Hall–Kier alpha value is -1.39. The summed E-state index contributed by atoms with van der Waals surface area (Å²) in [6, 6.07) is 6.10. The number of hydrogen-bond donors (Lipinski definition) is 1. The van der Waals surface area contributed by atoms with E-state index in [1.54, 1.807) is 12.1 Å². The van der Waals surface area contributed by atoms with Crippen molar-refractivity contribution in [2.75, 3.05) is 0 Å². The fraction of sp³-hybridized carbons (Fsp3) is 0.100. The van der Waals surface area contributed by atoms with E-state index in [-0.39, 0.29) is 12.4 Å². The zero-order chi connectivity index (χ0) is 10.8. The van der Waals surface area contributed by atoms with Gasteiger partial charge in [-0.05, 0) is 18.2 Å². The van der Waals surface area contributed by atoms with Gasteiger partial charge in [0.2, 0.25) is 0 Å². The van der Waals surface area contributed by atoms with E-state index in [1.807, 2.05) is 0 Å². The summed E-state index contributed by atoms with van der Waals surface area (Å²) in [5.41, 5.74) is 6.81. The molecule has 1 heterocycles. The van der Waals surface area contributed by atoms with Crippen LogP contribution in [0.5, 0.6) is 0 Å². The van der Waals surface area contributed by atoms with Crippen molar-refractivity contribution >= 4 is 11.6 Å². The van der Waals surface area contributed by atoms with Crippen molar-refractivity contribution in [2.45, 2.75) is 6.54 Å². The number of halogens is 2. The summed E-state index contributed by atoms with van der Waals surface area (Å²) < 4.78 is 14.5. The molecule has 0 saturated heterocycles. The van der Waals surface area contributed by atoms with Crippen molar-refractivity contribution < 1.29 is 4.39 Å². The van der Waals surface area contributed by atoms with Gasteiger partial charge in [0.25, 0.3) is 0 Å². The molecular formula is C10H9ClFN3. The van der Waals surface area contributed by atoms with Gasteiger partial charge in [-0.3, -0.25) is 0 Å². The Morgan fingerprint density at radius 1 is 1.47 bits per heavy atom. The molecule has 0 radical (unpaired) electrons. The SMILES string of the molecule is NCc1c(Cl)cnn1-c1cccc(F)c1. The molecule has 5 heteroatoms. The summed E-state index contributed by atoms with van der Waals surface area (Å²) in [6.45, 7) is 0.259. The summed E-state index contributed by atoms with van der Waals surface area (Å²) in [4.78, 5) is 0. The summed E-state index contributed by atoms with van der Waals surface area (Å²) in [7, 11) is 0. The van der Waals surface area contributed by atoms with Gasteiger partial charge in [-0.1, -0.05) is 17.7 Å². The maximum Gasteiger partial charge on any atom is 0.125 e. The third-order valence-corrected chi connectivity index (χ3v) is 2.38. The monoisotopic (exact) mass is 225 g/mol. The number of aromatic nitrogens is 2. The first-order valence-electron chi connectivity index (χ1n) is 4.41. The van der Waals surface area contributed by atoms with Crippen LogP contribution in [0.2, 0.25) is 5.02 Å². The molecule has 0 saturated carbocycles. The van der Waals surface area contributed by atoms with Crippen molar-refractivity contribution in [1.29, 1.82) is 0 Å². The Labute approximate surface area is 91.3 Å². The van der Waals surface area contributed by atoms with Crippen LogP contribution in [0.4, 0.5) is 4.39 Å². The van der Waals surface area contributed by atoms with Crippen LogP contribution in [0.15, 0.2) is 30.5 Å². The molecule has 2 aromatic rings. The van der Waals surface area contributed by atoms with E-state index in [1.165, 1.54) is 23.0 Å². The van der Waals surface area contributed by atoms with Crippen molar-refractivity contribution in [2.24, 2.45) is 5.73 Å². The maximum atomic E-state index is 13.0. The molecule has 2 rings (SSSR count). The number of hydrogen-bond acceptors (Lipinski definition) is 2. The largest absolute Gasteiger partial charge is 0.325 e. The minimum absolute atomic E-state index is 0.259. The Kier molecular flexibility index (Phi) is 2.70. The highest BCUT2D eigenvalue weighted by atomic mass is 35.5. The summed E-state index contributed by atoms with van der Waals surface area (Å²) >= 11 is 5.88. The molecular weight excluding hydrogens is 217 g/mol. The summed E-state index contributed by atoms with van der Waals surface area (Å²) in [5.74, 6) is -0.318. The Balaban J connectivity index is 2.54. The van der Waals surface area contributed by atoms with Crippen molar-refractivity contribution in [3.63, 3.8) is 0 Å². The molecule has 0 atom stereocenters. The molecule has 1 aromatic heterocycles. The van der Waals surface area contributed by atoms with Crippen LogP contribution in [0.25, 0.3) is 5.69 Å². The van der Waals surface area contributed by atoms with E-state index in [2.05, 4.69) is 5.10 Å². The van der Waals surface area contributed by atoms with E-state index >= 15 is 0 Å². The highest BCUT2D eigenvalue weighted by molar-refractivity contribution is 6.31. The smallest absolute Gasteiger partial charge is 0.125 e. The Morgan fingerprint density at radius 3 is 2.93 bits per heavy atom. The number of rotatable bonds is 2. The van der Waals surface area contributed by atoms with E-state index < -0.39 is 0 Å². The van der Waals surface area contributed by atoms with Crippen molar-refractivity contribution in [3.8, 4) is 5.69 Å². The fourth-order valence-corrected chi connectivity index (χ4v) is 1.57. The minimum Gasteiger partial charge on any atom is -0.325 e. The predicted octanol–water partition coefficient (Wildman–Crippen LogP) is 2.12. The zero-order valence-electron chi connectivity index (χ0n) is 7.82. The average molecular weight is 226 g/mol. The standard InChI is InChI=1S/C10H9ClFN3/c11-9-6-14-15(10(9)5-13)8-3-1-2-7(12)4-8/h1-4,6H,5,13H2. The third-order valence-electron chi connectivity index (χ3n) is 2.06. The average Bonchev–Trinajstić information content (AvgIpc) is 2.59. The lowest BCUT2D eigenvalue weighted by Gasteiger charge is -2.05. The topological polar surface area (TPSA) is 43.8 Å². The number of benzene rings is 1. The molecule has 3 nitrogen and oxygen atoms in total. The molecule has 15 heavy (non-hydrogen) atoms. The van der Waals surface area contributed by atoms with E-state index in [4.69, 9.17) is 17.3 Å². The minimum atomic E-state index is -0.318. The number of nitrogens with two attached hydrogens (primary N) is 1. The van der Waals surface area contributed by atoms with Crippen LogP contribution in [-0.2, 0) is 6.54 Å². The van der Waals surface area contributed by atoms with Gasteiger partial charge in [-0.2, -0.15) is 5.10 Å². The van der Waals surface area contributed by atoms with E-state index in [9.17, 15) is 4.39 Å². The van der Waals surface area contributed by atoms with Crippen molar-refractivity contribution in [3.05, 3.63) is 47.0 Å². The van der Waals surface area contributed by atoms with Gasteiger partial charge in [-0.15, -0.1) is 0 Å². The highest BCUT2D eigenvalue weighted by Crippen LogP contribution is 2.19. The van der Waals surface area contributed by atoms with Gasteiger partial charge in [0, 0.05) is 6.54 Å². The maximum absolute atomic E-state index is 13.0. The first-order valence-corrected chi connectivity index (χ1v) is 4.78. The molecule has 0 aliphatic carbocycles. The van der Waals surface area contributed by atoms with Crippen LogP contribution >= 0.6 is 11.6 Å². The van der Waals surface area contributed by atoms with Gasteiger partial charge in [0.05, 0.1) is 22.6 Å². The normalized spacial score (nSPS) is 10.6. The Morgan fingerprint density at radius 2 is 2.27 bits per heavy atom. The van der Waals surface area contributed by atoms with Crippen LogP contribution in [0.1, 0.15) is 5.69 Å². The molecule has 0 aliphatic rings. The fourth-order valence-electron chi connectivity index (χ4n) is 1.37. The third kappa shape index (κ3) is 1.86. The molecule has 0 fully saturated rings. The molecule has 0 bridgehead atoms. The second-order valence-corrected chi connectivity index (χ2v) is 3.44. The molecule has 78 valence electrons. The van der Waals surface area contributed by atoms with Gasteiger partial charge in [0.15, 0.2) is 0 Å². The Bertz CT molecular complexity index is 481. The van der Waals surface area contributed by atoms with Gasteiger partial charge in [0.1, 0.15) is 5.82 Å². The summed E-state index contributed by atoms with van der Waals surface area (Å²) in [6.07, 6.45) is 1.49. The lowest BCUT2D eigenvalue weighted by atomic mass is 10.3. The zero-order valence-corrected chi connectivity index (χ0v) is 8.58. The van der Waals surface area contributed by atoms with Gasteiger partial charge in [-0.25, -0.2) is 9.07 Å². The van der Waals surface area contributed by atoms with E-state index in [0.717, 1.165) is 0 Å². The molecule has 0 spiro atoms. The lowest BCUT2D eigenvalue weighted by molar-refractivity contribution is 0.624. The predicted molar refractivity (Wildman–Crippen MR) is 56.4 cm³/mol. The molecule has 0 unspecified atom stereocenters. The first kappa shape index (κ1) is 10.1. The second kappa shape index (κ2) is 4.00. The van der Waals surface area contributed by atoms with E-state index in [0.29, 0.717) is 16.4 Å². The summed E-state index contributed by atoms with van der Waals surface area (Å²) in [5, 5.41) is 4.52.